The molecule has 0 spiro atoms. The summed E-state index contributed by atoms with van der Waals surface area (Å²) in [5.41, 5.74) is 13.1. The highest BCUT2D eigenvalue weighted by molar-refractivity contribution is 6.19. The van der Waals surface area contributed by atoms with Gasteiger partial charge in [0.1, 0.15) is 0 Å². The first-order chi connectivity index (χ1) is 25.3. The molecule has 0 saturated carbocycles. The van der Waals surface area contributed by atoms with Crippen molar-refractivity contribution in [3.05, 3.63) is 188 Å². The van der Waals surface area contributed by atoms with E-state index in [-0.39, 0.29) is 0 Å². The smallest absolute Gasteiger partial charge is 0.0548 e. The van der Waals surface area contributed by atoms with Crippen LogP contribution >= 0.6 is 0 Å². The molecule has 0 aliphatic carbocycles. The van der Waals surface area contributed by atoms with Gasteiger partial charge in [-0.3, -0.25) is 0 Å². The summed E-state index contributed by atoms with van der Waals surface area (Å²) in [7, 11) is 0. The number of benzene rings is 8. The molecule has 11 aromatic rings. The Labute approximate surface area is 294 Å². The largest absolute Gasteiger partial charge is 0.309 e. The van der Waals surface area contributed by atoms with Crippen molar-refractivity contribution in [2.75, 3.05) is 0 Å². The van der Waals surface area contributed by atoms with Crippen LogP contribution in [0.4, 0.5) is 0 Å². The Morgan fingerprint density at radius 2 is 0.608 bits per heavy atom. The summed E-state index contributed by atoms with van der Waals surface area (Å²) in [6, 6.07) is 68.4. The Kier molecular flexibility index (Phi) is 5.96. The molecule has 0 N–H and O–H groups in total. The van der Waals surface area contributed by atoms with E-state index in [9.17, 15) is 0 Å². The van der Waals surface area contributed by atoms with Crippen LogP contribution in [-0.2, 0) is 0 Å². The van der Waals surface area contributed by atoms with Gasteiger partial charge < -0.3 is 13.7 Å². The molecule has 0 amide bonds. The summed E-state index contributed by atoms with van der Waals surface area (Å²) in [4.78, 5) is 0. The van der Waals surface area contributed by atoms with Crippen molar-refractivity contribution in [2.24, 2.45) is 0 Å². The van der Waals surface area contributed by atoms with Gasteiger partial charge in [0.25, 0.3) is 0 Å². The third kappa shape index (κ3) is 4.12. The van der Waals surface area contributed by atoms with Gasteiger partial charge in [0.2, 0.25) is 0 Å². The van der Waals surface area contributed by atoms with Gasteiger partial charge in [-0.05, 0) is 83.9 Å². The van der Waals surface area contributed by atoms with Crippen LogP contribution in [0.3, 0.4) is 0 Å². The number of para-hydroxylation sites is 5. The molecule has 238 valence electrons. The van der Waals surface area contributed by atoms with Crippen LogP contribution in [0.1, 0.15) is 0 Å². The number of aromatic nitrogens is 3. The van der Waals surface area contributed by atoms with Crippen molar-refractivity contribution >= 4 is 65.4 Å². The van der Waals surface area contributed by atoms with Gasteiger partial charge in [-0.1, -0.05) is 115 Å². The molecule has 11 rings (SSSR count). The number of hydrogen-bond acceptors (Lipinski definition) is 0. The maximum absolute atomic E-state index is 2.44. The predicted molar refractivity (Wildman–Crippen MR) is 215 cm³/mol. The van der Waals surface area contributed by atoms with E-state index in [0.29, 0.717) is 0 Å². The Bertz CT molecular complexity index is 3070. The highest BCUT2D eigenvalue weighted by Gasteiger charge is 2.19. The van der Waals surface area contributed by atoms with Crippen molar-refractivity contribution in [3.8, 4) is 28.2 Å². The van der Waals surface area contributed by atoms with E-state index in [1.54, 1.807) is 0 Å². The van der Waals surface area contributed by atoms with Crippen molar-refractivity contribution in [2.45, 2.75) is 0 Å². The van der Waals surface area contributed by atoms with E-state index < -0.39 is 0 Å². The van der Waals surface area contributed by atoms with Crippen molar-refractivity contribution < 1.29 is 0 Å². The standard InChI is InChI=1S/C48H31N3/c1-2-14-34(15-3-1)50-45-23-10-6-19-39(45)41-31-48-42(30-47(41)50)40-20-7-11-24-46(40)51(48)36-16-12-13-33(29-36)32-25-27-35(28-26-32)49-43-21-8-4-17-37(43)38-18-5-9-22-44(38)49/h1-31H. The van der Waals surface area contributed by atoms with E-state index in [2.05, 4.69) is 202 Å². The van der Waals surface area contributed by atoms with Crippen molar-refractivity contribution in [1.82, 2.24) is 13.7 Å². The average Bonchev–Trinajstić information content (AvgIpc) is 3.83. The second-order valence-electron chi connectivity index (χ2n) is 13.4. The molecule has 0 aliphatic heterocycles. The molecule has 3 aromatic heterocycles. The Balaban J connectivity index is 1.08. The highest BCUT2D eigenvalue weighted by atomic mass is 15.0. The molecule has 0 atom stereocenters. The lowest BCUT2D eigenvalue weighted by molar-refractivity contribution is 1.17. The molecule has 0 unspecified atom stereocenters. The fourth-order valence-electron chi connectivity index (χ4n) is 8.39. The van der Waals surface area contributed by atoms with Crippen LogP contribution in [0.5, 0.6) is 0 Å². The van der Waals surface area contributed by atoms with Gasteiger partial charge in [0.05, 0.1) is 33.1 Å². The third-order valence-electron chi connectivity index (χ3n) is 10.6. The Morgan fingerprint density at radius 1 is 0.216 bits per heavy atom. The molecular weight excluding hydrogens is 619 g/mol. The Morgan fingerprint density at radius 3 is 1.14 bits per heavy atom. The van der Waals surface area contributed by atoms with Gasteiger partial charge in [-0.25, -0.2) is 0 Å². The normalized spacial score (nSPS) is 11.9. The summed E-state index contributed by atoms with van der Waals surface area (Å²) < 4.78 is 7.22. The van der Waals surface area contributed by atoms with E-state index >= 15 is 0 Å². The predicted octanol–water partition coefficient (Wildman–Crippen LogP) is 12.6. The van der Waals surface area contributed by atoms with Gasteiger partial charge in [0.15, 0.2) is 0 Å². The van der Waals surface area contributed by atoms with Crippen LogP contribution < -0.4 is 0 Å². The Hall–Kier alpha value is -6.84. The second kappa shape index (κ2) is 10.8. The summed E-state index contributed by atoms with van der Waals surface area (Å²) in [5, 5.41) is 7.56. The number of hydrogen-bond donors (Lipinski definition) is 0. The lowest BCUT2D eigenvalue weighted by Crippen LogP contribution is -1.95. The van der Waals surface area contributed by atoms with E-state index in [1.165, 1.54) is 82.2 Å². The minimum Gasteiger partial charge on any atom is -0.309 e. The van der Waals surface area contributed by atoms with E-state index in [1.807, 2.05) is 0 Å². The van der Waals surface area contributed by atoms with E-state index in [0.717, 1.165) is 11.4 Å². The molecule has 3 nitrogen and oxygen atoms in total. The van der Waals surface area contributed by atoms with Gasteiger partial charge >= 0.3 is 0 Å². The molecule has 0 saturated heterocycles. The molecule has 0 fully saturated rings. The zero-order valence-electron chi connectivity index (χ0n) is 27.7. The fourth-order valence-corrected chi connectivity index (χ4v) is 8.39. The molecular formula is C48H31N3. The first-order valence-electron chi connectivity index (χ1n) is 17.5. The maximum atomic E-state index is 2.44. The molecule has 8 aromatic carbocycles. The molecule has 3 heterocycles. The first-order valence-corrected chi connectivity index (χ1v) is 17.5. The van der Waals surface area contributed by atoms with Gasteiger partial charge in [-0.15, -0.1) is 0 Å². The first kappa shape index (κ1) is 28.0. The number of fused-ring (bicyclic) bond motifs is 9. The third-order valence-corrected chi connectivity index (χ3v) is 10.6. The minimum absolute atomic E-state index is 1.15. The van der Waals surface area contributed by atoms with Crippen LogP contribution in [0, 0.1) is 0 Å². The quantitative estimate of drug-likeness (QED) is 0.180. The lowest BCUT2D eigenvalue weighted by atomic mass is 10.0. The van der Waals surface area contributed by atoms with Gasteiger partial charge in [-0.2, -0.15) is 0 Å². The zero-order valence-corrected chi connectivity index (χ0v) is 27.7. The lowest BCUT2D eigenvalue weighted by Gasteiger charge is -2.12. The van der Waals surface area contributed by atoms with Crippen LogP contribution in [0.25, 0.3) is 93.6 Å². The fraction of sp³-hybridized carbons (Fsp3) is 0. The van der Waals surface area contributed by atoms with Crippen LogP contribution in [-0.4, -0.2) is 13.7 Å². The highest BCUT2D eigenvalue weighted by Crippen LogP contribution is 2.40. The average molecular weight is 650 g/mol. The summed E-state index contributed by atoms with van der Waals surface area (Å²) in [5.74, 6) is 0. The minimum atomic E-state index is 1.15. The summed E-state index contributed by atoms with van der Waals surface area (Å²) >= 11 is 0. The molecule has 0 aliphatic rings. The van der Waals surface area contributed by atoms with Crippen LogP contribution in [0.15, 0.2) is 188 Å². The van der Waals surface area contributed by atoms with E-state index in [4.69, 9.17) is 0 Å². The maximum Gasteiger partial charge on any atom is 0.0548 e. The molecule has 0 bridgehead atoms. The van der Waals surface area contributed by atoms with Crippen molar-refractivity contribution in [3.63, 3.8) is 0 Å². The van der Waals surface area contributed by atoms with Gasteiger partial charge in [0, 0.05) is 49.4 Å². The summed E-state index contributed by atoms with van der Waals surface area (Å²) in [6.07, 6.45) is 0. The molecule has 0 radical (unpaired) electrons. The zero-order chi connectivity index (χ0) is 33.5. The number of nitrogens with zero attached hydrogens (tertiary/aromatic N) is 3. The molecule has 51 heavy (non-hydrogen) atoms. The second-order valence-corrected chi connectivity index (χ2v) is 13.4. The van der Waals surface area contributed by atoms with Crippen molar-refractivity contribution in [1.29, 1.82) is 0 Å². The SMILES string of the molecule is c1ccc(-n2c3ccccc3c3cc4c(cc32)c2ccccc2n4-c2cccc(-c3ccc(-n4c5ccccc5c5ccccc54)cc3)c2)cc1. The van der Waals surface area contributed by atoms with Crippen LogP contribution in [0.2, 0.25) is 0 Å². The molecule has 3 heteroatoms. The topological polar surface area (TPSA) is 14.8 Å². The monoisotopic (exact) mass is 649 g/mol. The summed E-state index contributed by atoms with van der Waals surface area (Å²) in [6.45, 7) is 0. The number of rotatable bonds is 4.